The fourth-order valence-corrected chi connectivity index (χ4v) is 12.0. The van der Waals surface area contributed by atoms with E-state index >= 15 is 0 Å². The van der Waals surface area contributed by atoms with Crippen LogP contribution in [0.3, 0.4) is 0 Å². The van der Waals surface area contributed by atoms with Gasteiger partial charge < -0.3 is 19.8 Å². The maximum absolute atomic E-state index is 13.1. The van der Waals surface area contributed by atoms with Gasteiger partial charge in [-0.15, -0.1) is 0 Å². The number of carbonyl (C=O) groups excluding carboxylic acids is 1. The largest absolute Gasteiger partial charge is 0.472 e. The fraction of sp³-hybridized carbons (Fsp3) is 0.957. The number of amides is 1. The number of hydrogen-bond acceptors (Lipinski definition) is 5. The Balaban J connectivity index is 3.96. The highest BCUT2D eigenvalue weighted by Gasteiger charge is 2.28. The molecule has 0 rings (SSSR count). The fourth-order valence-electron chi connectivity index (χ4n) is 11.2. The number of carbonyl (C=O) groups is 1. The Morgan fingerprint density at radius 3 is 0.975 bits per heavy atom. The van der Waals surface area contributed by atoms with Crippen LogP contribution in [0.2, 0.25) is 0 Å². The second-order valence-corrected chi connectivity index (χ2v) is 27.4. The monoisotopic (exact) mass is 1140 g/mol. The topological polar surface area (TPSA) is 105 Å². The van der Waals surface area contributed by atoms with Gasteiger partial charge in [0, 0.05) is 6.42 Å². The summed E-state index contributed by atoms with van der Waals surface area (Å²) in [5, 5.41) is 14.2. The van der Waals surface area contributed by atoms with Crippen molar-refractivity contribution in [1.82, 2.24) is 5.32 Å². The van der Waals surface area contributed by atoms with Gasteiger partial charge in [-0.1, -0.05) is 347 Å². The molecule has 0 heterocycles. The molecule has 79 heavy (non-hydrogen) atoms. The zero-order valence-electron chi connectivity index (χ0n) is 54.2. The summed E-state index contributed by atoms with van der Waals surface area (Å²) in [7, 11) is 1.64. The Hall–Kier alpha value is -0.760. The van der Waals surface area contributed by atoms with E-state index in [4.69, 9.17) is 9.05 Å². The molecule has 8 nitrogen and oxygen atoms in total. The molecule has 3 N–H and O–H groups in total. The Kier molecular flexibility index (Phi) is 61.2. The third-order valence-corrected chi connectivity index (χ3v) is 17.7. The molecule has 0 spiro atoms. The summed E-state index contributed by atoms with van der Waals surface area (Å²) in [6, 6.07) is -0.758. The highest BCUT2D eigenvalue weighted by Crippen LogP contribution is 2.43. The molecule has 0 radical (unpaired) electrons. The molecule has 3 unspecified atom stereocenters. The third-order valence-electron chi connectivity index (χ3n) is 16.8. The van der Waals surface area contributed by atoms with Crippen LogP contribution in [-0.2, 0) is 18.4 Å². The second kappa shape index (κ2) is 61.8. The van der Waals surface area contributed by atoms with Crippen molar-refractivity contribution in [2.45, 2.75) is 392 Å². The normalized spacial score (nSPS) is 13.7. The smallest absolute Gasteiger partial charge is 0.391 e. The van der Waals surface area contributed by atoms with Crippen LogP contribution in [0.5, 0.6) is 0 Å². The number of hydrogen-bond donors (Lipinski definition) is 3. The minimum Gasteiger partial charge on any atom is -0.391 e. The number of aliphatic hydroxyl groups is 1. The summed E-state index contributed by atoms with van der Waals surface area (Å²) in [5.41, 5.74) is 0. The van der Waals surface area contributed by atoms with E-state index in [2.05, 4.69) is 31.3 Å². The number of phosphoric ester groups is 1. The Bertz CT molecular complexity index is 1290. The van der Waals surface area contributed by atoms with Gasteiger partial charge in [-0.05, 0) is 38.5 Å². The molecule has 0 saturated carbocycles. The third kappa shape index (κ3) is 64.7. The lowest BCUT2D eigenvalue weighted by Gasteiger charge is -2.26. The van der Waals surface area contributed by atoms with Crippen molar-refractivity contribution in [3.63, 3.8) is 0 Å². The molecule has 1 amide bonds. The van der Waals surface area contributed by atoms with E-state index in [0.717, 1.165) is 38.5 Å². The van der Waals surface area contributed by atoms with Crippen LogP contribution in [0.15, 0.2) is 12.2 Å². The summed E-state index contributed by atoms with van der Waals surface area (Å²) in [5.74, 6) is -0.134. The van der Waals surface area contributed by atoms with Crippen molar-refractivity contribution in [2.75, 3.05) is 40.9 Å². The number of nitrogens with zero attached hydrogens (tertiary/aromatic N) is 1. The number of allylic oxidation sites excluding steroid dienone is 2. The first kappa shape index (κ1) is 78.2. The highest BCUT2D eigenvalue weighted by molar-refractivity contribution is 7.47. The van der Waals surface area contributed by atoms with Crippen molar-refractivity contribution in [3.05, 3.63) is 12.2 Å². The Labute approximate surface area is 494 Å². The second-order valence-electron chi connectivity index (χ2n) is 26.0. The zero-order valence-corrected chi connectivity index (χ0v) is 55.1. The SMILES string of the molecule is CCCCCCCCCC/C=C\CCCCCCCCCCCCCCCCCCCCCCCC(=O)NC(COP(=O)(O)OCC[N+](C)(C)C)C(O)CCCCCCCCCCCCCCCCCCCCCCCCCC. The predicted molar refractivity (Wildman–Crippen MR) is 346 cm³/mol. The van der Waals surface area contributed by atoms with E-state index in [1.807, 2.05) is 21.1 Å². The molecule has 0 aliphatic rings. The maximum atomic E-state index is 13.1. The van der Waals surface area contributed by atoms with Crippen LogP contribution >= 0.6 is 7.82 Å². The van der Waals surface area contributed by atoms with Gasteiger partial charge in [-0.3, -0.25) is 13.8 Å². The molecular weight excluding hydrogens is 996 g/mol. The van der Waals surface area contributed by atoms with Crippen molar-refractivity contribution in [1.29, 1.82) is 0 Å². The van der Waals surface area contributed by atoms with Crippen LogP contribution in [0, 0.1) is 0 Å². The molecule has 0 aliphatic heterocycles. The van der Waals surface area contributed by atoms with Crippen LogP contribution < -0.4 is 5.32 Å². The number of likely N-dealkylation sites (N-methyl/N-ethyl adjacent to an activating group) is 1. The molecule has 472 valence electrons. The molecule has 0 aliphatic carbocycles. The lowest BCUT2D eigenvalue weighted by atomic mass is 10.0. The first-order valence-corrected chi connectivity index (χ1v) is 37.0. The summed E-state index contributed by atoms with van der Waals surface area (Å²) >= 11 is 0. The van der Waals surface area contributed by atoms with E-state index in [1.54, 1.807) is 0 Å². The first-order valence-electron chi connectivity index (χ1n) is 35.6. The molecule has 0 saturated heterocycles. The van der Waals surface area contributed by atoms with E-state index in [1.165, 1.54) is 315 Å². The molecule has 0 fully saturated rings. The number of aliphatic hydroxyl groups excluding tert-OH is 1. The van der Waals surface area contributed by atoms with E-state index < -0.39 is 20.0 Å². The molecule has 0 bridgehead atoms. The standard InChI is InChI=1S/C70H141N2O6P/c1-6-8-10-12-14-16-18-20-22-24-26-28-30-32-33-34-35-36-37-38-39-40-42-44-46-48-50-52-54-56-58-60-62-64-70(74)71-68(67-78-79(75,76)77-66-65-72(3,4)5)69(73)63-61-59-57-55-53-51-49-47-45-43-41-31-29-27-25-23-21-19-17-15-13-11-9-7-2/h24,26,68-69,73H,6-23,25,27-67H2,1-5H3,(H-,71,74,75,76)/p+1/b26-24-. The molecular formula is C70H142N2O6P+. The Morgan fingerprint density at radius 2 is 0.684 bits per heavy atom. The van der Waals surface area contributed by atoms with E-state index in [-0.39, 0.29) is 19.1 Å². The van der Waals surface area contributed by atoms with Gasteiger partial charge in [0.1, 0.15) is 13.2 Å². The first-order chi connectivity index (χ1) is 38.5. The minimum atomic E-state index is -4.33. The van der Waals surface area contributed by atoms with Gasteiger partial charge in [0.15, 0.2) is 0 Å². The zero-order chi connectivity index (χ0) is 57.7. The van der Waals surface area contributed by atoms with Crippen molar-refractivity contribution in [3.8, 4) is 0 Å². The quantitative estimate of drug-likeness (QED) is 0.0243. The van der Waals surface area contributed by atoms with Crippen LogP contribution in [0.4, 0.5) is 0 Å². The van der Waals surface area contributed by atoms with E-state index in [0.29, 0.717) is 23.9 Å². The molecule has 9 heteroatoms. The van der Waals surface area contributed by atoms with Gasteiger partial charge in [0.2, 0.25) is 5.91 Å². The molecule has 0 aromatic carbocycles. The van der Waals surface area contributed by atoms with E-state index in [9.17, 15) is 19.4 Å². The van der Waals surface area contributed by atoms with Crippen LogP contribution in [0.1, 0.15) is 380 Å². The van der Waals surface area contributed by atoms with Gasteiger partial charge in [0.05, 0.1) is 39.9 Å². The highest BCUT2D eigenvalue weighted by atomic mass is 31.2. The predicted octanol–water partition coefficient (Wildman–Crippen LogP) is 22.5. The Morgan fingerprint density at radius 1 is 0.418 bits per heavy atom. The lowest BCUT2D eigenvalue weighted by molar-refractivity contribution is -0.870. The van der Waals surface area contributed by atoms with Gasteiger partial charge in [0.25, 0.3) is 0 Å². The summed E-state index contributed by atoms with van der Waals surface area (Å²) < 4.78 is 23.9. The number of unbranched alkanes of at least 4 members (excludes halogenated alkanes) is 52. The van der Waals surface area contributed by atoms with Crippen LogP contribution in [-0.4, -0.2) is 73.4 Å². The van der Waals surface area contributed by atoms with Gasteiger partial charge in [-0.2, -0.15) is 0 Å². The summed E-state index contributed by atoms with van der Waals surface area (Å²) in [4.78, 5) is 23.5. The summed E-state index contributed by atoms with van der Waals surface area (Å²) in [6.07, 6.45) is 78.9. The van der Waals surface area contributed by atoms with Crippen molar-refractivity contribution >= 4 is 13.7 Å². The number of rotatable bonds is 67. The van der Waals surface area contributed by atoms with Crippen molar-refractivity contribution in [2.24, 2.45) is 0 Å². The van der Waals surface area contributed by atoms with Crippen molar-refractivity contribution < 1.29 is 32.9 Å². The number of quaternary nitrogens is 1. The number of nitrogens with one attached hydrogen (secondary N) is 1. The average molecular weight is 1140 g/mol. The molecule has 0 aromatic rings. The van der Waals surface area contributed by atoms with Gasteiger partial charge in [-0.25, -0.2) is 4.57 Å². The number of phosphoric acid groups is 1. The lowest BCUT2D eigenvalue weighted by Crippen LogP contribution is -2.46. The minimum absolute atomic E-state index is 0.0785. The maximum Gasteiger partial charge on any atom is 0.472 e. The molecule has 3 atom stereocenters. The summed E-state index contributed by atoms with van der Waals surface area (Å²) in [6.45, 7) is 4.96. The van der Waals surface area contributed by atoms with Crippen LogP contribution in [0.25, 0.3) is 0 Å². The van der Waals surface area contributed by atoms with Gasteiger partial charge >= 0.3 is 7.82 Å². The molecule has 0 aromatic heterocycles. The average Bonchev–Trinajstić information content (AvgIpc) is 3.42.